The number of thioether (sulfide) groups is 1. The third kappa shape index (κ3) is 4.39. The molecule has 20 heavy (non-hydrogen) atoms. The highest BCUT2D eigenvalue weighted by atomic mass is 35.5. The van der Waals surface area contributed by atoms with Crippen molar-refractivity contribution in [2.45, 2.75) is 17.9 Å². The van der Waals surface area contributed by atoms with Crippen molar-refractivity contribution >= 4 is 40.9 Å². The summed E-state index contributed by atoms with van der Waals surface area (Å²) in [7, 11) is 0. The minimum absolute atomic E-state index is 0.0700. The number of rotatable bonds is 6. The minimum Gasteiger partial charge on any atom is -0.480 e. The fourth-order valence-electron chi connectivity index (χ4n) is 1.37. The van der Waals surface area contributed by atoms with Crippen LogP contribution in [-0.2, 0) is 9.59 Å². The van der Waals surface area contributed by atoms with Gasteiger partial charge in [0.15, 0.2) is 0 Å². The van der Waals surface area contributed by atoms with Crippen LogP contribution in [0.25, 0.3) is 0 Å². The molecule has 7 nitrogen and oxygen atoms in total. The van der Waals surface area contributed by atoms with Gasteiger partial charge in [0.1, 0.15) is 10.9 Å². The van der Waals surface area contributed by atoms with Crippen LogP contribution >= 0.6 is 23.4 Å². The Bertz CT molecular complexity index is 552. The minimum atomic E-state index is -1.22. The molecule has 0 radical (unpaired) electrons. The van der Waals surface area contributed by atoms with Crippen molar-refractivity contribution in [3.05, 3.63) is 33.3 Å². The van der Waals surface area contributed by atoms with Crippen molar-refractivity contribution in [1.82, 2.24) is 5.32 Å². The van der Waals surface area contributed by atoms with Gasteiger partial charge in [-0.3, -0.25) is 14.9 Å². The molecule has 1 aromatic carbocycles. The molecule has 1 aromatic rings. The lowest BCUT2D eigenvalue weighted by atomic mass is 10.3. The predicted molar refractivity (Wildman–Crippen MR) is 74.1 cm³/mol. The molecule has 0 aliphatic rings. The van der Waals surface area contributed by atoms with Crippen LogP contribution in [0.1, 0.15) is 6.92 Å². The number of carbonyl (C=O) groups is 2. The summed E-state index contributed by atoms with van der Waals surface area (Å²) in [6.45, 7) is 1.19. The molecule has 0 aromatic heterocycles. The van der Waals surface area contributed by atoms with Gasteiger partial charge in [-0.15, -0.1) is 11.8 Å². The third-order valence-corrected chi connectivity index (χ3v) is 3.86. The number of carboxylic acid groups (broad SMARTS) is 1. The first-order valence-electron chi connectivity index (χ1n) is 5.38. The van der Waals surface area contributed by atoms with Gasteiger partial charge in [-0.05, 0) is 6.07 Å². The van der Waals surface area contributed by atoms with E-state index >= 15 is 0 Å². The summed E-state index contributed by atoms with van der Waals surface area (Å²) in [5.74, 6) is -1.78. The highest BCUT2D eigenvalue weighted by Gasteiger charge is 2.23. The maximum atomic E-state index is 11.0. The summed E-state index contributed by atoms with van der Waals surface area (Å²) in [5.41, 5.74) is -0.200. The Kier molecular flexibility index (Phi) is 5.78. The monoisotopic (exact) mass is 318 g/mol. The van der Waals surface area contributed by atoms with Gasteiger partial charge in [-0.2, -0.15) is 0 Å². The molecule has 0 bridgehead atoms. The van der Waals surface area contributed by atoms with Crippen LogP contribution in [0.4, 0.5) is 5.69 Å². The van der Waals surface area contributed by atoms with E-state index in [0.717, 1.165) is 11.8 Å². The summed E-state index contributed by atoms with van der Waals surface area (Å²) >= 11 is 6.79. The Morgan fingerprint density at radius 1 is 1.55 bits per heavy atom. The van der Waals surface area contributed by atoms with Crippen molar-refractivity contribution in [3.63, 3.8) is 0 Å². The molecule has 1 amide bonds. The molecule has 1 unspecified atom stereocenters. The lowest BCUT2D eigenvalue weighted by Gasteiger charge is -2.13. The SMILES string of the molecule is CC(=O)NC(CSc1c(Cl)cccc1[N+](=O)[O-])C(=O)O. The number of nitro groups is 1. The molecule has 0 aliphatic heterocycles. The van der Waals surface area contributed by atoms with E-state index in [1.807, 2.05) is 0 Å². The van der Waals surface area contributed by atoms with Crippen LogP contribution in [0.5, 0.6) is 0 Å². The summed E-state index contributed by atoms with van der Waals surface area (Å²) in [6, 6.07) is 3.05. The molecule has 0 spiro atoms. The zero-order chi connectivity index (χ0) is 15.3. The van der Waals surface area contributed by atoms with Crippen molar-refractivity contribution in [1.29, 1.82) is 0 Å². The van der Waals surface area contributed by atoms with Crippen LogP contribution in [0.3, 0.4) is 0 Å². The smallest absolute Gasteiger partial charge is 0.327 e. The number of nitrogens with zero attached hydrogens (tertiary/aromatic N) is 1. The Labute approximate surface area is 123 Å². The lowest BCUT2D eigenvalue weighted by molar-refractivity contribution is -0.387. The number of hydrogen-bond acceptors (Lipinski definition) is 5. The summed E-state index contributed by atoms with van der Waals surface area (Å²) in [6.07, 6.45) is 0. The largest absolute Gasteiger partial charge is 0.480 e. The standard InChI is InChI=1S/C11H11ClN2O5S/c1-6(15)13-8(11(16)17)5-20-10-7(12)3-2-4-9(10)14(18)19/h2-4,8H,5H2,1H3,(H,13,15)(H,16,17). The Morgan fingerprint density at radius 2 is 2.20 bits per heavy atom. The Morgan fingerprint density at radius 3 is 2.70 bits per heavy atom. The molecule has 0 heterocycles. The molecular formula is C11H11ClN2O5S. The van der Waals surface area contributed by atoms with Crippen LogP contribution in [0.2, 0.25) is 5.02 Å². The van der Waals surface area contributed by atoms with Gasteiger partial charge in [-0.1, -0.05) is 17.7 Å². The fourth-order valence-corrected chi connectivity index (χ4v) is 2.76. The van der Waals surface area contributed by atoms with E-state index in [4.69, 9.17) is 16.7 Å². The first-order valence-corrected chi connectivity index (χ1v) is 6.75. The Balaban J connectivity index is 2.90. The molecule has 2 N–H and O–H groups in total. The van der Waals surface area contributed by atoms with Gasteiger partial charge >= 0.3 is 5.97 Å². The topological polar surface area (TPSA) is 110 Å². The van der Waals surface area contributed by atoms with Gasteiger partial charge in [-0.25, -0.2) is 4.79 Å². The van der Waals surface area contributed by atoms with Crippen molar-refractivity contribution in [3.8, 4) is 0 Å². The molecule has 0 saturated carbocycles. The van der Waals surface area contributed by atoms with Gasteiger partial charge in [0.2, 0.25) is 5.91 Å². The highest BCUT2D eigenvalue weighted by Crippen LogP contribution is 2.35. The molecule has 0 saturated heterocycles. The molecular weight excluding hydrogens is 308 g/mol. The van der Waals surface area contributed by atoms with Gasteiger partial charge in [0.25, 0.3) is 5.69 Å². The quantitative estimate of drug-likeness (QED) is 0.471. The number of amides is 1. The lowest BCUT2D eigenvalue weighted by Crippen LogP contribution is -2.41. The first kappa shape index (κ1) is 16.3. The van der Waals surface area contributed by atoms with E-state index in [2.05, 4.69) is 5.32 Å². The number of nitro benzene ring substituents is 1. The second-order valence-electron chi connectivity index (χ2n) is 3.75. The van der Waals surface area contributed by atoms with E-state index in [-0.39, 0.29) is 21.4 Å². The normalized spacial score (nSPS) is 11.7. The average Bonchev–Trinajstić information content (AvgIpc) is 2.34. The van der Waals surface area contributed by atoms with Gasteiger partial charge < -0.3 is 10.4 Å². The molecule has 0 fully saturated rings. The summed E-state index contributed by atoms with van der Waals surface area (Å²) in [5, 5.41) is 22.2. The van der Waals surface area contributed by atoms with E-state index in [1.54, 1.807) is 0 Å². The van der Waals surface area contributed by atoms with Crippen molar-refractivity contribution < 1.29 is 19.6 Å². The molecule has 9 heteroatoms. The Hall–Kier alpha value is -1.80. The summed E-state index contributed by atoms with van der Waals surface area (Å²) in [4.78, 5) is 32.3. The number of carboxylic acids is 1. The van der Waals surface area contributed by atoms with Crippen LogP contribution in [-0.4, -0.2) is 33.7 Å². The fraction of sp³-hybridized carbons (Fsp3) is 0.273. The first-order chi connectivity index (χ1) is 9.32. The van der Waals surface area contributed by atoms with Gasteiger partial charge in [0, 0.05) is 18.7 Å². The van der Waals surface area contributed by atoms with E-state index in [9.17, 15) is 19.7 Å². The highest BCUT2D eigenvalue weighted by molar-refractivity contribution is 7.99. The van der Waals surface area contributed by atoms with Crippen LogP contribution < -0.4 is 5.32 Å². The van der Waals surface area contributed by atoms with Crippen molar-refractivity contribution in [2.24, 2.45) is 0 Å². The molecule has 108 valence electrons. The maximum Gasteiger partial charge on any atom is 0.327 e. The van der Waals surface area contributed by atoms with Gasteiger partial charge in [0.05, 0.1) is 9.95 Å². The van der Waals surface area contributed by atoms with Crippen LogP contribution in [0, 0.1) is 10.1 Å². The number of halogens is 1. The number of hydrogen-bond donors (Lipinski definition) is 2. The zero-order valence-electron chi connectivity index (χ0n) is 10.3. The third-order valence-electron chi connectivity index (χ3n) is 2.21. The second-order valence-corrected chi connectivity index (χ2v) is 5.19. The number of aliphatic carboxylic acids is 1. The maximum absolute atomic E-state index is 11.0. The van der Waals surface area contributed by atoms with Crippen molar-refractivity contribution in [2.75, 3.05) is 5.75 Å². The second kappa shape index (κ2) is 7.11. The van der Waals surface area contributed by atoms with E-state index in [1.165, 1.54) is 25.1 Å². The number of benzene rings is 1. The number of nitrogens with one attached hydrogen (secondary N) is 1. The average molecular weight is 319 g/mol. The number of carbonyl (C=O) groups excluding carboxylic acids is 1. The molecule has 0 aliphatic carbocycles. The van der Waals surface area contributed by atoms with E-state index < -0.39 is 22.8 Å². The molecule has 1 rings (SSSR count). The van der Waals surface area contributed by atoms with Crippen LogP contribution in [0.15, 0.2) is 23.1 Å². The summed E-state index contributed by atoms with van der Waals surface area (Å²) < 4.78 is 0. The predicted octanol–water partition coefficient (Wildman–Crippen LogP) is 1.93. The zero-order valence-corrected chi connectivity index (χ0v) is 11.9. The van der Waals surface area contributed by atoms with E-state index in [0.29, 0.717) is 0 Å². The molecule has 1 atom stereocenters.